The first-order valence-electron chi connectivity index (χ1n) is 7.25. The van der Waals surface area contributed by atoms with E-state index in [-0.39, 0.29) is 0 Å². The SMILES string of the molecule is CCc1nc(N2CCCOCC2)sc1CNC(C)C. The molecule has 2 rings (SSSR count). The van der Waals surface area contributed by atoms with Crippen LogP contribution in [0.5, 0.6) is 0 Å². The molecule has 0 amide bonds. The van der Waals surface area contributed by atoms with Crippen LogP contribution in [0.15, 0.2) is 0 Å². The third-order valence-electron chi connectivity index (χ3n) is 3.27. The van der Waals surface area contributed by atoms with Crippen molar-refractivity contribution in [3.63, 3.8) is 0 Å². The summed E-state index contributed by atoms with van der Waals surface area (Å²) in [6.07, 6.45) is 2.11. The van der Waals surface area contributed by atoms with Crippen LogP contribution in [0.4, 0.5) is 5.13 Å². The summed E-state index contributed by atoms with van der Waals surface area (Å²) >= 11 is 1.84. The minimum Gasteiger partial charge on any atom is -0.380 e. The highest BCUT2D eigenvalue weighted by molar-refractivity contribution is 7.15. The van der Waals surface area contributed by atoms with Gasteiger partial charge in [-0.05, 0) is 12.8 Å². The number of thiazole rings is 1. The molecule has 0 radical (unpaired) electrons. The Labute approximate surface area is 120 Å². The van der Waals surface area contributed by atoms with Gasteiger partial charge in [0.05, 0.1) is 12.3 Å². The van der Waals surface area contributed by atoms with E-state index >= 15 is 0 Å². The van der Waals surface area contributed by atoms with Crippen LogP contribution in [0.2, 0.25) is 0 Å². The highest BCUT2D eigenvalue weighted by Gasteiger charge is 2.16. The third kappa shape index (κ3) is 4.16. The minimum atomic E-state index is 0.516. The van der Waals surface area contributed by atoms with Gasteiger partial charge < -0.3 is 15.0 Å². The highest BCUT2D eigenvalue weighted by Crippen LogP contribution is 2.27. The molecule has 1 aliphatic rings. The first kappa shape index (κ1) is 14.8. The summed E-state index contributed by atoms with van der Waals surface area (Å²) in [5.74, 6) is 0. The molecule has 5 heteroatoms. The minimum absolute atomic E-state index is 0.516. The molecule has 108 valence electrons. The number of rotatable bonds is 5. The number of nitrogens with one attached hydrogen (secondary N) is 1. The van der Waals surface area contributed by atoms with Gasteiger partial charge in [0, 0.05) is 37.2 Å². The molecule has 0 unspecified atom stereocenters. The van der Waals surface area contributed by atoms with Gasteiger partial charge in [-0.3, -0.25) is 0 Å². The topological polar surface area (TPSA) is 37.4 Å². The number of aryl methyl sites for hydroxylation is 1. The van der Waals surface area contributed by atoms with Gasteiger partial charge in [0.15, 0.2) is 5.13 Å². The van der Waals surface area contributed by atoms with Crippen molar-refractivity contribution in [3.8, 4) is 0 Å². The smallest absolute Gasteiger partial charge is 0.185 e. The molecule has 0 aromatic carbocycles. The van der Waals surface area contributed by atoms with Crippen LogP contribution in [0.1, 0.15) is 37.8 Å². The predicted molar refractivity (Wildman–Crippen MR) is 81.1 cm³/mol. The number of hydrogen-bond acceptors (Lipinski definition) is 5. The average Bonchev–Trinajstić information content (AvgIpc) is 2.61. The molecule has 4 nitrogen and oxygen atoms in total. The van der Waals surface area contributed by atoms with Crippen LogP contribution < -0.4 is 10.2 Å². The normalized spacial score (nSPS) is 16.9. The summed E-state index contributed by atoms with van der Waals surface area (Å²) in [5.41, 5.74) is 1.25. The lowest BCUT2D eigenvalue weighted by atomic mass is 10.3. The molecule has 1 aromatic rings. The summed E-state index contributed by atoms with van der Waals surface area (Å²) in [6.45, 7) is 11.2. The number of hydrogen-bond donors (Lipinski definition) is 1. The van der Waals surface area contributed by atoms with E-state index in [1.165, 1.54) is 15.7 Å². The van der Waals surface area contributed by atoms with E-state index in [1.54, 1.807) is 0 Å². The molecule has 0 atom stereocenters. The Kier molecular flexibility index (Phi) is 5.60. The first-order chi connectivity index (χ1) is 9.20. The summed E-state index contributed by atoms with van der Waals surface area (Å²) in [4.78, 5) is 8.58. The maximum atomic E-state index is 5.51. The Morgan fingerprint density at radius 2 is 2.21 bits per heavy atom. The van der Waals surface area contributed by atoms with Gasteiger partial charge in [0.25, 0.3) is 0 Å². The molecule has 19 heavy (non-hydrogen) atoms. The van der Waals surface area contributed by atoms with Crippen molar-refractivity contribution in [2.24, 2.45) is 0 Å². The Morgan fingerprint density at radius 3 is 2.95 bits per heavy atom. The van der Waals surface area contributed by atoms with Gasteiger partial charge in [-0.2, -0.15) is 0 Å². The molecule has 2 heterocycles. The molecule has 1 saturated heterocycles. The van der Waals surface area contributed by atoms with E-state index in [0.717, 1.165) is 45.7 Å². The predicted octanol–water partition coefficient (Wildman–Crippen LogP) is 2.43. The molecular weight excluding hydrogens is 258 g/mol. The second-order valence-corrected chi connectivity index (χ2v) is 6.27. The highest BCUT2D eigenvalue weighted by atomic mass is 32.1. The summed E-state index contributed by atoms with van der Waals surface area (Å²) < 4.78 is 5.51. The second-order valence-electron chi connectivity index (χ2n) is 5.21. The molecule has 1 N–H and O–H groups in total. The fourth-order valence-corrected chi connectivity index (χ4v) is 3.30. The molecular formula is C14H25N3OS. The second kappa shape index (κ2) is 7.22. The van der Waals surface area contributed by atoms with Crippen molar-refractivity contribution in [3.05, 3.63) is 10.6 Å². The zero-order valence-electron chi connectivity index (χ0n) is 12.2. The van der Waals surface area contributed by atoms with E-state index in [9.17, 15) is 0 Å². The summed E-state index contributed by atoms with van der Waals surface area (Å²) in [7, 11) is 0. The van der Waals surface area contributed by atoms with Gasteiger partial charge in [0.1, 0.15) is 0 Å². The third-order valence-corrected chi connectivity index (χ3v) is 4.42. The van der Waals surface area contributed by atoms with Gasteiger partial charge in [-0.15, -0.1) is 11.3 Å². The van der Waals surface area contributed by atoms with Crippen molar-refractivity contribution >= 4 is 16.5 Å². The van der Waals surface area contributed by atoms with Crippen LogP contribution in [-0.2, 0) is 17.7 Å². The number of nitrogens with zero attached hydrogens (tertiary/aromatic N) is 2. The quantitative estimate of drug-likeness (QED) is 0.900. The fourth-order valence-electron chi connectivity index (χ4n) is 2.15. The van der Waals surface area contributed by atoms with Gasteiger partial charge in [0.2, 0.25) is 0 Å². The molecule has 0 bridgehead atoms. The van der Waals surface area contributed by atoms with Crippen molar-refractivity contribution in [1.82, 2.24) is 10.3 Å². The average molecular weight is 283 g/mol. The lowest BCUT2D eigenvalue weighted by molar-refractivity contribution is 0.152. The zero-order valence-corrected chi connectivity index (χ0v) is 13.1. The molecule has 1 fully saturated rings. The number of anilines is 1. The van der Waals surface area contributed by atoms with Crippen molar-refractivity contribution in [2.45, 2.75) is 46.2 Å². The van der Waals surface area contributed by atoms with Crippen molar-refractivity contribution in [2.75, 3.05) is 31.2 Å². The Hall–Kier alpha value is -0.650. The van der Waals surface area contributed by atoms with Crippen molar-refractivity contribution < 1.29 is 4.74 Å². The molecule has 1 aromatic heterocycles. The maximum absolute atomic E-state index is 5.51. The van der Waals surface area contributed by atoms with Crippen LogP contribution in [0, 0.1) is 0 Å². The molecule has 0 aliphatic carbocycles. The maximum Gasteiger partial charge on any atom is 0.185 e. The van der Waals surface area contributed by atoms with Gasteiger partial charge in [-0.25, -0.2) is 4.98 Å². The van der Waals surface area contributed by atoms with E-state index < -0.39 is 0 Å². The van der Waals surface area contributed by atoms with Crippen LogP contribution in [0.3, 0.4) is 0 Å². The Morgan fingerprint density at radius 1 is 1.37 bits per heavy atom. The van der Waals surface area contributed by atoms with Gasteiger partial charge >= 0.3 is 0 Å². The number of aromatic nitrogens is 1. The van der Waals surface area contributed by atoms with Crippen LogP contribution in [0.25, 0.3) is 0 Å². The largest absolute Gasteiger partial charge is 0.380 e. The Balaban J connectivity index is 2.08. The standard InChI is InChI=1S/C14H25N3OS/c1-4-12-13(10-15-11(2)3)19-14(16-12)17-6-5-8-18-9-7-17/h11,15H,4-10H2,1-3H3. The van der Waals surface area contributed by atoms with E-state index in [0.29, 0.717) is 6.04 Å². The van der Waals surface area contributed by atoms with Gasteiger partial charge in [-0.1, -0.05) is 20.8 Å². The molecule has 0 saturated carbocycles. The lowest BCUT2D eigenvalue weighted by Crippen LogP contribution is -2.25. The molecule has 1 aliphatic heterocycles. The lowest BCUT2D eigenvalue weighted by Gasteiger charge is -2.17. The van der Waals surface area contributed by atoms with E-state index in [2.05, 4.69) is 31.0 Å². The zero-order chi connectivity index (χ0) is 13.7. The summed E-state index contributed by atoms with van der Waals surface area (Å²) in [5, 5.41) is 4.66. The first-order valence-corrected chi connectivity index (χ1v) is 8.07. The summed E-state index contributed by atoms with van der Waals surface area (Å²) in [6, 6.07) is 0.516. The Bertz CT molecular complexity index is 384. The van der Waals surface area contributed by atoms with Crippen LogP contribution >= 0.6 is 11.3 Å². The van der Waals surface area contributed by atoms with E-state index in [1.807, 2.05) is 11.3 Å². The fraction of sp³-hybridized carbons (Fsp3) is 0.786. The monoisotopic (exact) mass is 283 g/mol. The number of ether oxygens (including phenoxy) is 1. The van der Waals surface area contributed by atoms with E-state index in [4.69, 9.17) is 9.72 Å². The van der Waals surface area contributed by atoms with Crippen molar-refractivity contribution in [1.29, 1.82) is 0 Å². The molecule has 0 spiro atoms. The van der Waals surface area contributed by atoms with Crippen LogP contribution in [-0.4, -0.2) is 37.3 Å².